The first-order chi connectivity index (χ1) is 10.2. The van der Waals surface area contributed by atoms with Gasteiger partial charge in [-0.2, -0.15) is 0 Å². The molecule has 0 saturated heterocycles. The van der Waals surface area contributed by atoms with Crippen molar-refractivity contribution in [1.82, 2.24) is 0 Å². The molecule has 7 heteroatoms. The Hall–Kier alpha value is -1.60. The number of nitrogens with two attached hydrogens (primary N) is 2. The van der Waals surface area contributed by atoms with Gasteiger partial charge >= 0.3 is 5.97 Å². The molecule has 0 bridgehead atoms. The van der Waals surface area contributed by atoms with E-state index in [2.05, 4.69) is 0 Å². The lowest BCUT2D eigenvalue weighted by atomic mass is 9.86. The molecule has 0 aromatic heterocycles. The number of primary sulfonamides is 1. The molecule has 1 rings (SSSR count). The van der Waals surface area contributed by atoms with Crippen LogP contribution in [0, 0.1) is 5.92 Å². The van der Waals surface area contributed by atoms with Gasteiger partial charge in [-0.25, -0.2) is 13.6 Å². The Morgan fingerprint density at radius 3 is 2.36 bits per heavy atom. The van der Waals surface area contributed by atoms with E-state index in [1.807, 2.05) is 19.1 Å². The van der Waals surface area contributed by atoms with Gasteiger partial charge in [-0.1, -0.05) is 19.1 Å². The second-order valence-corrected chi connectivity index (χ2v) is 7.05. The molecule has 0 spiro atoms. The van der Waals surface area contributed by atoms with Crippen LogP contribution in [-0.2, 0) is 19.6 Å². The third-order valence-electron chi connectivity index (χ3n) is 3.64. The number of rotatable bonds is 8. The van der Waals surface area contributed by atoms with Crippen molar-refractivity contribution in [3.63, 3.8) is 0 Å². The Morgan fingerprint density at radius 1 is 1.27 bits per heavy atom. The molecule has 0 saturated carbocycles. The zero-order valence-electron chi connectivity index (χ0n) is 13.0. The maximum Gasteiger partial charge on any atom is 0.305 e. The number of benzene rings is 1. The van der Waals surface area contributed by atoms with Crippen molar-refractivity contribution in [2.45, 2.75) is 32.6 Å². The molecule has 4 N–H and O–H groups in total. The van der Waals surface area contributed by atoms with Crippen LogP contribution in [0.1, 0.15) is 38.2 Å². The zero-order chi connectivity index (χ0) is 16.8. The van der Waals surface area contributed by atoms with Gasteiger partial charge in [-0.15, -0.1) is 0 Å². The first-order valence-corrected chi connectivity index (χ1v) is 8.96. The van der Waals surface area contributed by atoms with Gasteiger partial charge in [0.1, 0.15) is 0 Å². The summed E-state index contributed by atoms with van der Waals surface area (Å²) in [7, 11) is -3.62. The van der Waals surface area contributed by atoms with Crippen molar-refractivity contribution in [2.24, 2.45) is 11.1 Å². The second-order valence-electron chi connectivity index (χ2n) is 5.39. The summed E-state index contributed by atoms with van der Waals surface area (Å²) in [6, 6.07) is 7.26. The van der Waals surface area contributed by atoms with Gasteiger partial charge < -0.3 is 10.5 Å². The Balaban J connectivity index is 2.84. The van der Waals surface area contributed by atoms with Crippen LogP contribution in [0.4, 0.5) is 5.69 Å². The van der Waals surface area contributed by atoms with E-state index in [4.69, 9.17) is 15.6 Å². The predicted octanol–water partition coefficient (Wildman–Crippen LogP) is 1.62. The summed E-state index contributed by atoms with van der Waals surface area (Å²) < 4.78 is 27.8. The SMILES string of the molecule is CCOC(=O)CCC(CS(N)(=O)=O)[C@H](C)c1ccc(N)cc1. The average molecular weight is 328 g/mol. The summed E-state index contributed by atoms with van der Waals surface area (Å²) in [6.45, 7) is 3.97. The van der Waals surface area contributed by atoms with Crippen LogP contribution in [0.25, 0.3) is 0 Å². The highest BCUT2D eigenvalue weighted by Crippen LogP contribution is 2.29. The van der Waals surface area contributed by atoms with Crippen LogP contribution >= 0.6 is 0 Å². The maximum atomic E-state index is 11.5. The predicted molar refractivity (Wildman–Crippen MR) is 86.6 cm³/mol. The summed E-state index contributed by atoms with van der Waals surface area (Å²) in [4.78, 5) is 11.5. The number of carbonyl (C=O) groups excluding carboxylic acids is 1. The lowest BCUT2D eigenvalue weighted by Crippen LogP contribution is -2.27. The molecule has 22 heavy (non-hydrogen) atoms. The highest BCUT2D eigenvalue weighted by Gasteiger charge is 2.24. The van der Waals surface area contributed by atoms with Crippen molar-refractivity contribution in [3.05, 3.63) is 29.8 Å². The van der Waals surface area contributed by atoms with Crippen LogP contribution in [0.3, 0.4) is 0 Å². The number of anilines is 1. The number of ether oxygens (including phenoxy) is 1. The molecule has 0 amide bonds. The van der Waals surface area contributed by atoms with Crippen LogP contribution in [0.15, 0.2) is 24.3 Å². The molecule has 0 aliphatic heterocycles. The van der Waals surface area contributed by atoms with Crippen LogP contribution in [0.2, 0.25) is 0 Å². The van der Waals surface area contributed by atoms with E-state index in [1.165, 1.54) is 0 Å². The summed E-state index contributed by atoms with van der Waals surface area (Å²) in [5.41, 5.74) is 7.27. The van der Waals surface area contributed by atoms with E-state index in [-0.39, 0.29) is 30.0 Å². The van der Waals surface area contributed by atoms with Crippen LogP contribution in [0.5, 0.6) is 0 Å². The fourth-order valence-electron chi connectivity index (χ4n) is 2.38. The van der Waals surface area contributed by atoms with E-state index < -0.39 is 10.0 Å². The molecule has 0 fully saturated rings. The van der Waals surface area contributed by atoms with Crippen molar-refractivity contribution < 1.29 is 17.9 Å². The topological polar surface area (TPSA) is 112 Å². The van der Waals surface area contributed by atoms with Crippen LogP contribution in [-0.4, -0.2) is 26.7 Å². The highest BCUT2D eigenvalue weighted by molar-refractivity contribution is 7.89. The van der Waals surface area contributed by atoms with Crippen molar-refractivity contribution >= 4 is 21.7 Å². The van der Waals surface area contributed by atoms with Gasteiger partial charge in [0.2, 0.25) is 10.0 Å². The molecule has 1 unspecified atom stereocenters. The van der Waals surface area contributed by atoms with E-state index in [0.717, 1.165) is 5.56 Å². The third-order valence-corrected chi connectivity index (χ3v) is 4.53. The van der Waals surface area contributed by atoms with Gasteiger partial charge in [-0.3, -0.25) is 4.79 Å². The molecular formula is C15H24N2O4S. The highest BCUT2D eigenvalue weighted by atomic mass is 32.2. The monoisotopic (exact) mass is 328 g/mol. The fraction of sp³-hybridized carbons (Fsp3) is 0.533. The van der Waals surface area contributed by atoms with Gasteiger partial charge in [0.15, 0.2) is 0 Å². The Kier molecular flexibility index (Phi) is 6.83. The standard InChI is InChI=1S/C15H24N2O4S/c1-3-21-15(18)9-6-13(10-22(17,19)20)11(2)12-4-7-14(16)8-5-12/h4-5,7-8,11,13H,3,6,9-10,16H2,1-2H3,(H2,17,19,20)/t11-,13?/m1/s1. The van der Waals surface area contributed by atoms with Crippen LogP contribution < -0.4 is 10.9 Å². The van der Waals surface area contributed by atoms with E-state index in [1.54, 1.807) is 19.1 Å². The third kappa shape index (κ3) is 6.44. The van der Waals surface area contributed by atoms with Gasteiger partial charge in [-0.05, 0) is 42.9 Å². The first-order valence-electron chi connectivity index (χ1n) is 7.24. The number of hydrogen-bond donors (Lipinski definition) is 2. The summed E-state index contributed by atoms with van der Waals surface area (Å²) in [6.07, 6.45) is 0.578. The number of nitrogen functional groups attached to an aromatic ring is 1. The van der Waals surface area contributed by atoms with E-state index in [0.29, 0.717) is 18.7 Å². The molecule has 0 aliphatic rings. The lowest BCUT2D eigenvalue weighted by molar-refractivity contribution is -0.143. The molecule has 124 valence electrons. The number of sulfonamides is 1. The Bertz CT molecular complexity index is 584. The largest absolute Gasteiger partial charge is 0.466 e. The zero-order valence-corrected chi connectivity index (χ0v) is 13.8. The second kappa shape index (κ2) is 8.14. The summed E-state index contributed by atoms with van der Waals surface area (Å²) in [5.74, 6) is -0.819. The quantitative estimate of drug-likeness (QED) is 0.556. The molecule has 6 nitrogen and oxygen atoms in total. The molecule has 0 radical (unpaired) electrons. The minimum atomic E-state index is -3.62. The van der Waals surface area contributed by atoms with Gasteiger partial charge in [0.25, 0.3) is 0 Å². The molecule has 1 aromatic carbocycles. The van der Waals surface area contributed by atoms with Crippen molar-refractivity contribution in [2.75, 3.05) is 18.1 Å². The number of hydrogen-bond acceptors (Lipinski definition) is 5. The Morgan fingerprint density at radius 2 is 1.86 bits per heavy atom. The van der Waals surface area contributed by atoms with Gasteiger partial charge in [0, 0.05) is 12.1 Å². The van der Waals surface area contributed by atoms with Gasteiger partial charge in [0.05, 0.1) is 12.4 Å². The molecule has 1 aromatic rings. The summed E-state index contributed by atoms with van der Waals surface area (Å²) >= 11 is 0. The van der Waals surface area contributed by atoms with E-state index >= 15 is 0 Å². The molecule has 0 aliphatic carbocycles. The average Bonchev–Trinajstić information content (AvgIpc) is 2.42. The minimum Gasteiger partial charge on any atom is -0.466 e. The molecular weight excluding hydrogens is 304 g/mol. The molecule has 2 atom stereocenters. The number of esters is 1. The minimum absolute atomic E-state index is 0.0617. The first kappa shape index (κ1) is 18.4. The summed E-state index contributed by atoms with van der Waals surface area (Å²) in [5, 5.41) is 5.18. The fourth-order valence-corrected chi connectivity index (χ4v) is 3.44. The van der Waals surface area contributed by atoms with Crippen molar-refractivity contribution in [1.29, 1.82) is 0 Å². The Labute approximate surface area is 131 Å². The maximum absolute atomic E-state index is 11.5. The number of carbonyl (C=O) groups is 1. The normalized spacial score (nSPS) is 14.3. The molecule has 0 heterocycles. The van der Waals surface area contributed by atoms with E-state index in [9.17, 15) is 13.2 Å². The lowest BCUT2D eigenvalue weighted by Gasteiger charge is -2.23. The van der Waals surface area contributed by atoms with Crippen molar-refractivity contribution in [3.8, 4) is 0 Å². The smallest absolute Gasteiger partial charge is 0.305 e.